The SMILES string of the molecule is COc1ccc(N2CCOCC2)c2sc(NC(=O)C(C)C34CCC(CC3)O4)nc12. The molecular formula is C21H27N3O4S. The second-order valence-corrected chi connectivity index (χ2v) is 9.18. The van der Waals surface area contributed by atoms with E-state index in [1.54, 1.807) is 7.11 Å². The van der Waals surface area contributed by atoms with Crippen molar-refractivity contribution in [2.45, 2.75) is 44.3 Å². The minimum Gasteiger partial charge on any atom is -0.494 e. The lowest BCUT2D eigenvalue weighted by atomic mass is 9.79. The fourth-order valence-electron chi connectivity index (χ4n) is 4.88. The maximum atomic E-state index is 13.0. The number of carbonyl (C=O) groups excluding carboxylic acids is 1. The highest BCUT2D eigenvalue weighted by Gasteiger charge is 2.51. The van der Waals surface area contributed by atoms with E-state index in [9.17, 15) is 4.79 Å². The molecule has 7 nitrogen and oxygen atoms in total. The number of hydrogen-bond acceptors (Lipinski definition) is 7. The number of aromatic nitrogens is 1. The molecule has 0 aliphatic carbocycles. The Balaban J connectivity index is 1.42. The molecule has 29 heavy (non-hydrogen) atoms. The van der Waals surface area contributed by atoms with Crippen LogP contribution in [0.1, 0.15) is 32.6 Å². The van der Waals surface area contributed by atoms with Gasteiger partial charge in [-0.1, -0.05) is 18.3 Å². The molecule has 5 rings (SSSR count). The van der Waals surface area contributed by atoms with Crippen LogP contribution in [-0.2, 0) is 14.3 Å². The fourth-order valence-corrected chi connectivity index (χ4v) is 5.90. The molecule has 156 valence electrons. The van der Waals surface area contributed by atoms with Gasteiger partial charge in [0.25, 0.3) is 0 Å². The Morgan fingerprint density at radius 3 is 2.76 bits per heavy atom. The lowest BCUT2D eigenvalue weighted by Crippen LogP contribution is -2.40. The third-order valence-electron chi connectivity index (χ3n) is 6.65. The Morgan fingerprint density at radius 2 is 2.10 bits per heavy atom. The highest BCUT2D eigenvalue weighted by atomic mass is 32.1. The molecule has 2 aromatic rings. The number of carbonyl (C=O) groups is 1. The zero-order chi connectivity index (χ0) is 20.0. The molecule has 0 saturated carbocycles. The van der Waals surface area contributed by atoms with Crippen LogP contribution in [0.15, 0.2) is 12.1 Å². The molecule has 4 heterocycles. The van der Waals surface area contributed by atoms with E-state index < -0.39 is 0 Å². The van der Waals surface area contributed by atoms with E-state index in [0.717, 1.165) is 73.6 Å². The number of nitrogens with zero attached hydrogens (tertiary/aromatic N) is 2. The number of amides is 1. The largest absolute Gasteiger partial charge is 0.494 e. The van der Waals surface area contributed by atoms with Crippen molar-refractivity contribution >= 4 is 38.3 Å². The summed E-state index contributed by atoms with van der Waals surface area (Å²) in [6.07, 6.45) is 4.42. The quantitative estimate of drug-likeness (QED) is 0.804. The third kappa shape index (κ3) is 3.27. The highest BCUT2D eigenvalue weighted by Crippen LogP contribution is 2.48. The number of morpholine rings is 1. The van der Waals surface area contributed by atoms with Crippen LogP contribution in [0, 0.1) is 5.92 Å². The van der Waals surface area contributed by atoms with Gasteiger partial charge in [-0.3, -0.25) is 4.79 Å². The zero-order valence-electron chi connectivity index (χ0n) is 16.9. The molecule has 3 fully saturated rings. The number of hydrogen-bond donors (Lipinski definition) is 1. The Bertz CT molecular complexity index is 916. The number of anilines is 2. The van der Waals surface area contributed by atoms with E-state index in [1.807, 2.05) is 13.0 Å². The maximum Gasteiger partial charge on any atom is 0.231 e. The molecule has 1 aromatic carbocycles. The van der Waals surface area contributed by atoms with Crippen LogP contribution in [0.5, 0.6) is 5.75 Å². The van der Waals surface area contributed by atoms with Gasteiger partial charge in [0.1, 0.15) is 11.3 Å². The van der Waals surface area contributed by atoms with Crippen LogP contribution in [0.4, 0.5) is 10.8 Å². The van der Waals surface area contributed by atoms with Gasteiger partial charge in [0.05, 0.1) is 48.3 Å². The molecular weight excluding hydrogens is 390 g/mol. The van der Waals surface area contributed by atoms with Gasteiger partial charge >= 0.3 is 0 Å². The van der Waals surface area contributed by atoms with Crippen LogP contribution in [0.3, 0.4) is 0 Å². The predicted octanol–water partition coefficient (Wildman–Crippen LogP) is 3.43. The highest BCUT2D eigenvalue weighted by molar-refractivity contribution is 7.23. The normalized spacial score (nSPS) is 27.4. The summed E-state index contributed by atoms with van der Waals surface area (Å²) in [7, 11) is 1.65. The second-order valence-electron chi connectivity index (χ2n) is 8.18. The maximum absolute atomic E-state index is 13.0. The molecule has 1 unspecified atom stereocenters. The average molecular weight is 418 g/mol. The van der Waals surface area contributed by atoms with Crippen molar-refractivity contribution in [1.82, 2.24) is 4.98 Å². The van der Waals surface area contributed by atoms with Gasteiger partial charge in [0.2, 0.25) is 5.91 Å². The lowest BCUT2D eigenvalue weighted by molar-refractivity contribution is -0.128. The van der Waals surface area contributed by atoms with Gasteiger partial charge in [0.15, 0.2) is 5.13 Å². The van der Waals surface area contributed by atoms with E-state index in [-0.39, 0.29) is 17.4 Å². The summed E-state index contributed by atoms with van der Waals surface area (Å²) in [5.74, 6) is 0.513. The lowest BCUT2D eigenvalue weighted by Gasteiger charge is -2.30. The van der Waals surface area contributed by atoms with Crippen molar-refractivity contribution in [2.24, 2.45) is 5.92 Å². The average Bonchev–Trinajstić information content (AvgIpc) is 3.48. The van der Waals surface area contributed by atoms with E-state index in [4.69, 9.17) is 19.2 Å². The van der Waals surface area contributed by atoms with Crippen LogP contribution in [0.25, 0.3) is 10.2 Å². The summed E-state index contributed by atoms with van der Waals surface area (Å²) < 4.78 is 18.2. The Labute approximate surface area is 174 Å². The monoisotopic (exact) mass is 417 g/mol. The first kappa shape index (κ1) is 19.1. The van der Waals surface area contributed by atoms with E-state index in [1.165, 1.54) is 11.3 Å². The topological polar surface area (TPSA) is 72.9 Å². The summed E-state index contributed by atoms with van der Waals surface area (Å²) in [6.45, 7) is 5.11. The van der Waals surface area contributed by atoms with E-state index >= 15 is 0 Å². The number of fused-ring (bicyclic) bond motifs is 3. The van der Waals surface area contributed by atoms with E-state index in [0.29, 0.717) is 11.2 Å². The van der Waals surface area contributed by atoms with Gasteiger partial charge in [-0.15, -0.1) is 0 Å². The number of thiazole rings is 1. The summed E-state index contributed by atoms with van der Waals surface area (Å²) >= 11 is 1.51. The molecule has 2 bridgehead atoms. The van der Waals surface area contributed by atoms with Crippen molar-refractivity contribution in [3.8, 4) is 5.75 Å². The number of nitrogens with one attached hydrogen (secondary N) is 1. The molecule has 0 radical (unpaired) electrons. The number of benzene rings is 1. The van der Waals surface area contributed by atoms with Crippen LogP contribution >= 0.6 is 11.3 Å². The molecule has 8 heteroatoms. The van der Waals surface area contributed by atoms with Crippen molar-refractivity contribution in [3.05, 3.63) is 12.1 Å². The number of rotatable bonds is 5. The van der Waals surface area contributed by atoms with Crippen LogP contribution in [0.2, 0.25) is 0 Å². The van der Waals surface area contributed by atoms with Crippen molar-refractivity contribution in [3.63, 3.8) is 0 Å². The van der Waals surface area contributed by atoms with Gasteiger partial charge in [-0.2, -0.15) is 0 Å². The minimum atomic E-state index is -0.290. The number of methoxy groups -OCH3 is 1. The summed E-state index contributed by atoms with van der Waals surface area (Å²) in [5, 5.41) is 3.67. The van der Waals surface area contributed by atoms with Gasteiger partial charge < -0.3 is 24.4 Å². The van der Waals surface area contributed by atoms with Gasteiger partial charge in [0, 0.05) is 13.1 Å². The first-order valence-corrected chi connectivity index (χ1v) is 11.2. The Kier molecular flexibility index (Phi) is 4.88. The predicted molar refractivity (Wildman–Crippen MR) is 113 cm³/mol. The summed E-state index contributed by atoms with van der Waals surface area (Å²) in [4.78, 5) is 20.0. The molecule has 3 aliphatic heterocycles. The van der Waals surface area contributed by atoms with Crippen molar-refractivity contribution in [2.75, 3.05) is 43.6 Å². The molecule has 1 aromatic heterocycles. The minimum absolute atomic E-state index is 0.0153. The molecule has 1 N–H and O–H groups in total. The summed E-state index contributed by atoms with van der Waals surface area (Å²) in [6, 6.07) is 4.02. The number of ether oxygens (including phenoxy) is 3. The molecule has 3 saturated heterocycles. The smallest absolute Gasteiger partial charge is 0.231 e. The van der Waals surface area contributed by atoms with Gasteiger partial charge in [-0.25, -0.2) is 4.98 Å². The standard InChI is InChI=1S/C21H27N3O4S/c1-13(21-7-5-14(28-21)6-8-21)19(25)23-20-22-17-16(26-2)4-3-15(18(17)29-20)24-9-11-27-12-10-24/h3-4,13-14H,5-12H2,1-2H3,(H,22,23,25). The van der Waals surface area contributed by atoms with Crippen LogP contribution in [-0.4, -0.2) is 56.0 Å². The first-order chi connectivity index (χ1) is 14.1. The third-order valence-corrected chi connectivity index (χ3v) is 7.64. The molecule has 0 spiro atoms. The zero-order valence-corrected chi connectivity index (χ0v) is 17.7. The van der Waals surface area contributed by atoms with Crippen molar-refractivity contribution < 1.29 is 19.0 Å². The molecule has 3 aliphatic rings. The van der Waals surface area contributed by atoms with Gasteiger partial charge in [-0.05, 0) is 37.8 Å². The fraction of sp³-hybridized carbons (Fsp3) is 0.619. The Morgan fingerprint density at radius 1 is 1.34 bits per heavy atom. The first-order valence-electron chi connectivity index (χ1n) is 10.4. The van der Waals surface area contributed by atoms with Crippen molar-refractivity contribution in [1.29, 1.82) is 0 Å². The molecule has 1 amide bonds. The Hall–Kier alpha value is -1.90. The second kappa shape index (κ2) is 7.41. The van der Waals surface area contributed by atoms with E-state index in [2.05, 4.69) is 16.3 Å². The van der Waals surface area contributed by atoms with Crippen LogP contribution < -0.4 is 15.0 Å². The molecule has 1 atom stereocenters. The summed E-state index contributed by atoms with van der Waals surface area (Å²) in [5.41, 5.74) is 1.62.